The molecule has 4 rings (SSSR count). The van der Waals surface area contributed by atoms with Gasteiger partial charge in [0.15, 0.2) is 5.13 Å². The minimum atomic E-state index is -0.545. The Balaban J connectivity index is 1.71. The van der Waals surface area contributed by atoms with E-state index in [0.717, 1.165) is 10.4 Å². The van der Waals surface area contributed by atoms with Crippen LogP contribution >= 0.6 is 11.3 Å². The fourth-order valence-electron chi connectivity index (χ4n) is 3.15. The lowest BCUT2D eigenvalue weighted by Crippen LogP contribution is -2.24. The lowest BCUT2D eigenvalue weighted by atomic mass is 10.1. The summed E-state index contributed by atoms with van der Waals surface area (Å²) in [5.41, 5.74) is 2.01. The number of nitrogens with zero attached hydrogens (tertiary/aromatic N) is 3. The number of anilines is 1. The van der Waals surface area contributed by atoms with E-state index in [0.29, 0.717) is 33.8 Å². The Hall–Kier alpha value is -3.59. The van der Waals surface area contributed by atoms with Crippen LogP contribution in [-0.2, 0) is 11.3 Å². The zero-order chi connectivity index (χ0) is 21.4. The maximum absolute atomic E-state index is 12.9. The summed E-state index contributed by atoms with van der Waals surface area (Å²) < 4.78 is 7.22. The third-order valence-corrected chi connectivity index (χ3v) is 5.61. The van der Waals surface area contributed by atoms with Crippen molar-refractivity contribution in [3.63, 3.8) is 0 Å². The lowest BCUT2D eigenvalue weighted by Gasteiger charge is -2.11. The van der Waals surface area contributed by atoms with Crippen molar-refractivity contribution in [2.24, 2.45) is 0 Å². The van der Waals surface area contributed by atoms with Crippen molar-refractivity contribution in [2.45, 2.75) is 20.4 Å². The molecule has 4 aromatic rings. The maximum atomic E-state index is 12.9. The van der Waals surface area contributed by atoms with Crippen LogP contribution in [0, 0.1) is 6.92 Å². The first-order valence-electron chi connectivity index (χ1n) is 9.22. The van der Waals surface area contributed by atoms with Gasteiger partial charge in [0.1, 0.15) is 11.2 Å². The molecule has 3 heterocycles. The van der Waals surface area contributed by atoms with Gasteiger partial charge in [-0.1, -0.05) is 11.3 Å². The van der Waals surface area contributed by atoms with Crippen molar-refractivity contribution in [2.75, 3.05) is 12.4 Å². The molecule has 0 saturated heterocycles. The van der Waals surface area contributed by atoms with Gasteiger partial charge in [-0.2, -0.15) is 0 Å². The summed E-state index contributed by atoms with van der Waals surface area (Å²) >= 11 is 1.21. The second-order valence-electron chi connectivity index (χ2n) is 6.63. The molecule has 0 aliphatic rings. The fourth-order valence-corrected chi connectivity index (χ4v) is 4.05. The number of amides is 1. The first kappa shape index (κ1) is 19.7. The molecule has 1 amide bonds. The van der Waals surface area contributed by atoms with E-state index in [1.807, 2.05) is 13.8 Å². The molecule has 1 aromatic carbocycles. The largest absolute Gasteiger partial charge is 0.465 e. The molecule has 152 valence electrons. The number of aromatic nitrogens is 3. The van der Waals surface area contributed by atoms with E-state index in [1.54, 1.807) is 34.9 Å². The predicted molar refractivity (Wildman–Crippen MR) is 115 cm³/mol. The smallest absolute Gasteiger partial charge is 0.337 e. The molecule has 0 unspecified atom stereocenters. The van der Waals surface area contributed by atoms with Crippen LogP contribution in [0.5, 0.6) is 0 Å². The molecule has 3 aromatic heterocycles. The SMILES string of the molecule is CCn1cc(C(=O)Nc2nc3ccc(C(=O)OC)cc3s2)c(=O)c2ccc(C)nc21. The Bertz CT molecular complexity index is 1370. The second kappa shape index (κ2) is 7.68. The van der Waals surface area contributed by atoms with Gasteiger partial charge in [-0.05, 0) is 44.2 Å². The highest BCUT2D eigenvalue weighted by molar-refractivity contribution is 7.22. The monoisotopic (exact) mass is 422 g/mol. The van der Waals surface area contributed by atoms with Crippen LogP contribution in [0.1, 0.15) is 33.3 Å². The average Bonchev–Trinajstić information content (AvgIpc) is 3.14. The third kappa shape index (κ3) is 3.43. The second-order valence-corrected chi connectivity index (χ2v) is 7.66. The molecule has 0 aliphatic heterocycles. The van der Waals surface area contributed by atoms with Crippen molar-refractivity contribution in [1.82, 2.24) is 14.5 Å². The summed E-state index contributed by atoms with van der Waals surface area (Å²) in [6.07, 6.45) is 1.52. The van der Waals surface area contributed by atoms with E-state index in [2.05, 4.69) is 15.3 Å². The first-order valence-corrected chi connectivity index (χ1v) is 10.0. The molecular formula is C21H18N4O4S. The number of methoxy groups -OCH3 is 1. The Morgan fingerprint density at radius 2 is 2.00 bits per heavy atom. The van der Waals surface area contributed by atoms with Crippen molar-refractivity contribution < 1.29 is 14.3 Å². The van der Waals surface area contributed by atoms with Crippen LogP contribution < -0.4 is 10.7 Å². The number of esters is 1. The predicted octanol–water partition coefficient (Wildman–Crippen LogP) is 3.37. The van der Waals surface area contributed by atoms with E-state index in [9.17, 15) is 14.4 Å². The summed E-state index contributed by atoms with van der Waals surface area (Å²) in [6, 6.07) is 8.38. The van der Waals surface area contributed by atoms with E-state index in [1.165, 1.54) is 24.6 Å². The molecular weight excluding hydrogens is 404 g/mol. The number of aryl methyl sites for hydroxylation is 2. The van der Waals surface area contributed by atoms with Crippen LogP contribution in [0.2, 0.25) is 0 Å². The number of pyridine rings is 2. The normalized spacial score (nSPS) is 11.0. The van der Waals surface area contributed by atoms with Crippen LogP contribution in [0.15, 0.2) is 41.3 Å². The number of thiazole rings is 1. The van der Waals surface area contributed by atoms with Gasteiger partial charge in [-0.15, -0.1) is 0 Å². The standard InChI is InChI=1S/C21H18N4O4S/c1-4-25-10-14(17(26)13-7-5-11(2)22-18(13)25)19(27)24-21-23-15-8-6-12(20(28)29-3)9-16(15)30-21/h5-10H,4H2,1-3H3,(H,23,24,27). The van der Waals surface area contributed by atoms with E-state index < -0.39 is 11.9 Å². The number of nitrogens with one attached hydrogen (secondary N) is 1. The summed E-state index contributed by atoms with van der Waals surface area (Å²) in [5, 5.41) is 3.42. The molecule has 0 saturated carbocycles. The van der Waals surface area contributed by atoms with Crippen molar-refractivity contribution in [3.8, 4) is 0 Å². The minimum Gasteiger partial charge on any atom is -0.465 e. The molecule has 1 N–H and O–H groups in total. The molecule has 0 bridgehead atoms. The van der Waals surface area contributed by atoms with Gasteiger partial charge in [0.25, 0.3) is 5.91 Å². The van der Waals surface area contributed by atoms with E-state index in [4.69, 9.17) is 4.74 Å². The summed E-state index contributed by atoms with van der Waals surface area (Å²) in [5.74, 6) is -0.993. The van der Waals surface area contributed by atoms with E-state index in [-0.39, 0.29) is 11.0 Å². The van der Waals surface area contributed by atoms with Gasteiger partial charge in [0, 0.05) is 18.4 Å². The highest BCUT2D eigenvalue weighted by Gasteiger charge is 2.18. The molecule has 0 radical (unpaired) electrons. The van der Waals surface area contributed by atoms with Gasteiger partial charge in [-0.25, -0.2) is 14.8 Å². The number of carbonyl (C=O) groups excluding carboxylic acids is 2. The Morgan fingerprint density at radius 1 is 1.20 bits per heavy atom. The highest BCUT2D eigenvalue weighted by Crippen LogP contribution is 2.27. The van der Waals surface area contributed by atoms with Crippen LogP contribution in [0.25, 0.3) is 21.3 Å². The van der Waals surface area contributed by atoms with Gasteiger partial charge < -0.3 is 9.30 Å². The Morgan fingerprint density at radius 3 is 2.73 bits per heavy atom. The average molecular weight is 422 g/mol. The molecule has 9 heteroatoms. The van der Waals surface area contributed by atoms with Crippen molar-refractivity contribution in [3.05, 3.63) is 63.6 Å². The quantitative estimate of drug-likeness (QED) is 0.506. The van der Waals surface area contributed by atoms with Crippen molar-refractivity contribution >= 4 is 49.6 Å². The molecule has 0 spiro atoms. The third-order valence-electron chi connectivity index (χ3n) is 4.68. The van der Waals surface area contributed by atoms with Gasteiger partial charge in [0.2, 0.25) is 5.43 Å². The molecule has 30 heavy (non-hydrogen) atoms. The number of hydrogen-bond donors (Lipinski definition) is 1. The highest BCUT2D eigenvalue weighted by atomic mass is 32.1. The summed E-state index contributed by atoms with van der Waals surface area (Å²) in [4.78, 5) is 46.2. The Labute approximate surface area is 175 Å². The maximum Gasteiger partial charge on any atom is 0.337 e. The fraction of sp³-hybridized carbons (Fsp3) is 0.190. The van der Waals surface area contributed by atoms with Gasteiger partial charge >= 0.3 is 5.97 Å². The topological polar surface area (TPSA) is 103 Å². The first-order chi connectivity index (χ1) is 14.4. The number of benzene rings is 1. The zero-order valence-corrected chi connectivity index (χ0v) is 17.4. The summed E-state index contributed by atoms with van der Waals surface area (Å²) in [6.45, 7) is 4.33. The minimum absolute atomic E-state index is 0.0181. The van der Waals surface area contributed by atoms with Gasteiger partial charge in [-0.3, -0.25) is 14.9 Å². The summed E-state index contributed by atoms with van der Waals surface area (Å²) in [7, 11) is 1.31. The van der Waals surface area contributed by atoms with Crippen LogP contribution in [-0.4, -0.2) is 33.5 Å². The number of rotatable bonds is 4. The number of ether oxygens (including phenoxy) is 1. The lowest BCUT2D eigenvalue weighted by molar-refractivity contribution is 0.0601. The van der Waals surface area contributed by atoms with Crippen LogP contribution in [0.3, 0.4) is 0 Å². The Kier molecular flexibility index (Phi) is 5.04. The zero-order valence-electron chi connectivity index (χ0n) is 16.6. The van der Waals surface area contributed by atoms with E-state index >= 15 is 0 Å². The number of fused-ring (bicyclic) bond motifs is 2. The molecule has 0 atom stereocenters. The number of carbonyl (C=O) groups is 2. The van der Waals surface area contributed by atoms with Crippen molar-refractivity contribution in [1.29, 1.82) is 0 Å². The molecule has 0 aliphatic carbocycles. The molecule has 0 fully saturated rings. The number of hydrogen-bond acceptors (Lipinski definition) is 7. The van der Waals surface area contributed by atoms with Crippen LogP contribution in [0.4, 0.5) is 5.13 Å². The molecule has 8 nitrogen and oxygen atoms in total. The van der Waals surface area contributed by atoms with Gasteiger partial charge in [0.05, 0.1) is 28.3 Å².